The summed E-state index contributed by atoms with van der Waals surface area (Å²) in [5, 5.41) is 2.41. The van der Waals surface area contributed by atoms with Crippen molar-refractivity contribution < 1.29 is 13.6 Å². The van der Waals surface area contributed by atoms with Crippen molar-refractivity contribution in [2.24, 2.45) is 0 Å². The van der Waals surface area contributed by atoms with Crippen LogP contribution in [0.2, 0.25) is 0 Å². The number of amides is 1. The van der Waals surface area contributed by atoms with Gasteiger partial charge in [-0.25, -0.2) is 0 Å². The number of carbonyl (C=O) groups excluding carboxylic acids is 1. The molecule has 0 bridgehead atoms. The molecule has 0 saturated heterocycles. The number of benzene rings is 1. The topological polar surface area (TPSA) is 64.3 Å². The first-order valence-electron chi connectivity index (χ1n) is 5.14. The van der Waals surface area contributed by atoms with E-state index in [1.165, 1.54) is 25.2 Å². The summed E-state index contributed by atoms with van der Waals surface area (Å²) in [6.07, 6.45) is 0. The van der Waals surface area contributed by atoms with Crippen molar-refractivity contribution in [3.05, 3.63) is 23.8 Å². The van der Waals surface area contributed by atoms with E-state index in [1.807, 2.05) is 0 Å². The van der Waals surface area contributed by atoms with Crippen LogP contribution in [-0.2, 0) is 0 Å². The highest BCUT2D eigenvalue weighted by atomic mass is 16.5. The van der Waals surface area contributed by atoms with Gasteiger partial charge in [0.1, 0.15) is 5.75 Å². The molecule has 0 aliphatic rings. The number of anilines is 1. The minimum absolute atomic E-state index is 0.0268. The molecule has 0 aromatic heterocycles. The lowest BCUT2D eigenvalue weighted by molar-refractivity contribution is 0.0963. The van der Waals surface area contributed by atoms with Crippen LogP contribution >= 0.6 is 0 Å². The standard InChI is InChI=1S/C9H12N2O2/c1-11-9(12)6-3-4-7(10)8(5-6)13-2/h3-5H,10H2,1-2H3,(H,11,12)/i2D3. The molecule has 4 heteroatoms. The number of methoxy groups -OCH3 is 1. The van der Waals surface area contributed by atoms with Crippen LogP contribution in [0.1, 0.15) is 14.5 Å². The van der Waals surface area contributed by atoms with E-state index < -0.39 is 7.04 Å². The molecule has 1 amide bonds. The van der Waals surface area contributed by atoms with Crippen LogP contribution in [0.5, 0.6) is 5.75 Å². The molecule has 4 nitrogen and oxygen atoms in total. The van der Waals surface area contributed by atoms with E-state index in [4.69, 9.17) is 9.85 Å². The summed E-state index contributed by atoms with van der Waals surface area (Å²) in [4.78, 5) is 11.3. The predicted octanol–water partition coefficient (Wildman–Crippen LogP) is 0.637. The van der Waals surface area contributed by atoms with Crippen molar-refractivity contribution in [2.45, 2.75) is 0 Å². The van der Waals surface area contributed by atoms with Gasteiger partial charge in [-0.15, -0.1) is 0 Å². The first kappa shape index (κ1) is 5.85. The highest BCUT2D eigenvalue weighted by molar-refractivity contribution is 5.94. The lowest BCUT2D eigenvalue weighted by Gasteiger charge is -2.05. The Morgan fingerprint density at radius 3 is 3.08 bits per heavy atom. The third kappa shape index (κ3) is 1.90. The summed E-state index contributed by atoms with van der Waals surface area (Å²) >= 11 is 0. The molecule has 0 aliphatic carbocycles. The minimum atomic E-state index is -2.59. The summed E-state index contributed by atoms with van der Waals surface area (Å²) in [6.45, 7) is 0. The lowest BCUT2D eigenvalue weighted by atomic mass is 10.2. The third-order valence-corrected chi connectivity index (χ3v) is 1.61. The average molecular weight is 183 g/mol. The van der Waals surface area contributed by atoms with Crippen molar-refractivity contribution in [1.29, 1.82) is 0 Å². The lowest BCUT2D eigenvalue weighted by Crippen LogP contribution is -2.17. The third-order valence-electron chi connectivity index (χ3n) is 1.61. The number of ether oxygens (including phenoxy) is 1. The second-order valence-corrected chi connectivity index (χ2v) is 2.43. The maximum Gasteiger partial charge on any atom is 0.251 e. The van der Waals surface area contributed by atoms with E-state index >= 15 is 0 Å². The first-order chi connectivity index (χ1) is 7.33. The molecule has 0 fully saturated rings. The molecule has 70 valence electrons. The fourth-order valence-electron chi connectivity index (χ4n) is 0.908. The van der Waals surface area contributed by atoms with Gasteiger partial charge >= 0.3 is 0 Å². The number of nitrogen functional groups attached to an aromatic ring is 1. The maximum absolute atomic E-state index is 11.3. The Hall–Kier alpha value is -1.71. The summed E-state index contributed by atoms with van der Waals surface area (Å²) in [7, 11) is -1.11. The smallest absolute Gasteiger partial charge is 0.251 e. The Morgan fingerprint density at radius 2 is 2.46 bits per heavy atom. The Balaban J connectivity index is 3.04. The Kier molecular flexibility index (Phi) is 1.71. The molecule has 0 unspecified atom stereocenters. The van der Waals surface area contributed by atoms with E-state index in [0.717, 1.165) is 0 Å². The Morgan fingerprint density at radius 1 is 1.69 bits per heavy atom. The van der Waals surface area contributed by atoms with E-state index in [0.29, 0.717) is 0 Å². The van der Waals surface area contributed by atoms with Gasteiger partial charge in [-0.2, -0.15) is 0 Å². The quantitative estimate of drug-likeness (QED) is 0.661. The number of carbonyl (C=O) groups is 1. The van der Waals surface area contributed by atoms with Crippen molar-refractivity contribution >= 4 is 11.6 Å². The van der Waals surface area contributed by atoms with Crippen molar-refractivity contribution in [1.82, 2.24) is 5.32 Å². The van der Waals surface area contributed by atoms with E-state index in [9.17, 15) is 4.79 Å². The van der Waals surface area contributed by atoms with E-state index in [-0.39, 0.29) is 22.9 Å². The van der Waals surface area contributed by atoms with Gasteiger partial charge < -0.3 is 15.8 Å². The van der Waals surface area contributed by atoms with Crippen LogP contribution in [-0.4, -0.2) is 20.0 Å². The molecule has 3 N–H and O–H groups in total. The van der Waals surface area contributed by atoms with Crippen molar-refractivity contribution in [3.8, 4) is 5.75 Å². The molecular weight excluding hydrogens is 168 g/mol. The molecule has 0 heterocycles. The molecule has 13 heavy (non-hydrogen) atoms. The van der Waals surface area contributed by atoms with Crippen LogP contribution in [0, 0.1) is 0 Å². The van der Waals surface area contributed by atoms with Gasteiger partial charge in [-0.1, -0.05) is 0 Å². The van der Waals surface area contributed by atoms with Gasteiger partial charge in [0.15, 0.2) is 0 Å². The van der Waals surface area contributed by atoms with Gasteiger partial charge in [0.25, 0.3) is 5.91 Å². The van der Waals surface area contributed by atoms with Gasteiger partial charge in [0.2, 0.25) is 0 Å². The fourth-order valence-corrected chi connectivity index (χ4v) is 0.908. The second kappa shape index (κ2) is 3.80. The summed E-state index contributed by atoms with van der Waals surface area (Å²) in [5.41, 5.74) is 5.99. The summed E-state index contributed by atoms with van der Waals surface area (Å²) in [6, 6.07) is 4.20. The number of nitrogens with two attached hydrogens (primary N) is 1. The molecule has 1 rings (SSSR count). The van der Waals surface area contributed by atoms with Crippen LogP contribution in [0.15, 0.2) is 18.2 Å². The average Bonchev–Trinajstić information content (AvgIpc) is 2.18. The van der Waals surface area contributed by atoms with Crippen LogP contribution in [0.25, 0.3) is 0 Å². The molecule has 0 saturated carbocycles. The molecule has 0 aliphatic heterocycles. The molecule has 1 aromatic rings. The number of nitrogens with one attached hydrogen (secondary N) is 1. The monoisotopic (exact) mass is 183 g/mol. The van der Waals surface area contributed by atoms with E-state index in [2.05, 4.69) is 10.1 Å². The minimum Gasteiger partial charge on any atom is -0.495 e. The molecule has 1 aromatic carbocycles. The normalized spacial score (nSPS) is 13.8. The SMILES string of the molecule is [2H]C([2H])([2H])Oc1cc(C(=O)NC)ccc1N. The summed E-state index contributed by atoms with van der Waals surface area (Å²) < 4.78 is 25.5. The Bertz CT molecular complexity index is 404. The Labute approximate surface area is 80.9 Å². The fraction of sp³-hybridized carbons (Fsp3) is 0.222. The van der Waals surface area contributed by atoms with Crippen LogP contribution in [0.3, 0.4) is 0 Å². The predicted molar refractivity (Wildman–Crippen MR) is 50.8 cm³/mol. The van der Waals surface area contributed by atoms with Crippen molar-refractivity contribution in [2.75, 3.05) is 19.8 Å². The number of hydrogen-bond donors (Lipinski definition) is 2. The van der Waals surface area contributed by atoms with Gasteiger partial charge in [-0.3, -0.25) is 4.79 Å². The summed E-state index contributed by atoms with van der Waals surface area (Å²) in [5.74, 6) is -0.364. The first-order valence-corrected chi connectivity index (χ1v) is 3.64. The molecule has 0 spiro atoms. The highest BCUT2D eigenvalue weighted by Crippen LogP contribution is 2.21. The molecular formula is C9H12N2O2. The maximum atomic E-state index is 11.3. The number of rotatable bonds is 2. The second-order valence-electron chi connectivity index (χ2n) is 2.43. The highest BCUT2D eigenvalue weighted by Gasteiger charge is 2.06. The zero-order valence-electron chi connectivity index (χ0n) is 10.1. The van der Waals surface area contributed by atoms with Gasteiger partial charge in [0, 0.05) is 12.6 Å². The molecule has 0 radical (unpaired) electrons. The van der Waals surface area contributed by atoms with Crippen LogP contribution in [0.4, 0.5) is 5.69 Å². The number of hydrogen-bond acceptors (Lipinski definition) is 3. The molecule has 0 atom stereocenters. The largest absolute Gasteiger partial charge is 0.495 e. The zero-order valence-corrected chi connectivity index (χ0v) is 7.13. The zero-order chi connectivity index (χ0) is 12.3. The van der Waals surface area contributed by atoms with Gasteiger partial charge in [-0.05, 0) is 18.2 Å². The van der Waals surface area contributed by atoms with Gasteiger partial charge in [0.05, 0.1) is 16.8 Å². The van der Waals surface area contributed by atoms with Crippen molar-refractivity contribution in [3.63, 3.8) is 0 Å². The van der Waals surface area contributed by atoms with Crippen LogP contribution < -0.4 is 15.8 Å². The van der Waals surface area contributed by atoms with E-state index in [1.54, 1.807) is 0 Å².